The highest BCUT2D eigenvalue weighted by Gasteiger charge is 2.15. The van der Waals surface area contributed by atoms with Crippen molar-refractivity contribution >= 4 is 30.7 Å². The molecule has 1 unspecified atom stereocenters. The topological polar surface area (TPSA) is 44.4 Å². The monoisotopic (exact) mass is 401 g/mol. The van der Waals surface area contributed by atoms with Gasteiger partial charge in [-0.15, -0.1) is 24.8 Å². The zero-order chi connectivity index (χ0) is 16.6. The molecule has 1 amide bonds. The van der Waals surface area contributed by atoms with E-state index in [0.717, 1.165) is 19.5 Å². The van der Waals surface area contributed by atoms with E-state index in [1.165, 1.54) is 56.3 Å². The van der Waals surface area contributed by atoms with Crippen LogP contribution in [0.3, 0.4) is 0 Å². The number of nitrogens with one attached hydrogen (secondary N) is 2. The summed E-state index contributed by atoms with van der Waals surface area (Å²) in [6, 6.07) is 9.26. The Kier molecular flexibility index (Phi) is 11.2. The lowest BCUT2D eigenvalue weighted by Gasteiger charge is -2.26. The van der Waals surface area contributed by atoms with Crippen LogP contribution in [0.1, 0.15) is 56.1 Å². The predicted octanol–water partition coefficient (Wildman–Crippen LogP) is 3.66. The summed E-state index contributed by atoms with van der Waals surface area (Å²) in [7, 11) is 0. The minimum absolute atomic E-state index is 0. The van der Waals surface area contributed by atoms with Crippen molar-refractivity contribution in [2.45, 2.75) is 64.1 Å². The van der Waals surface area contributed by atoms with Crippen molar-refractivity contribution in [1.82, 2.24) is 15.5 Å². The zero-order valence-electron chi connectivity index (χ0n) is 15.5. The van der Waals surface area contributed by atoms with Crippen LogP contribution in [0, 0.1) is 0 Å². The maximum absolute atomic E-state index is 12.0. The highest BCUT2D eigenvalue weighted by atomic mass is 35.5. The molecule has 6 heteroatoms. The fourth-order valence-electron chi connectivity index (χ4n) is 3.74. The molecule has 0 aromatic heterocycles. The average Bonchev–Trinajstić information content (AvgIpc) is 3.14. The van der Waals surface area contributed by atoms with Crippen molar-refractivity contribution in [3.8, 4) is 0 Å². The number of carbonyl (C=O) groups excluding carboxylic acids is 1. The Morgan fingerprint density at radius 2 is 1.73 bits per heavy atom. The Hall–Kier alpha value is -0.810. The van der Waals surface area contributed by atoms with E-state index in [9.17, 15) is 4.79 Å². The summed E-state index contributed by atoms with van der Waals surface area (Å²) < 4.78 is 0. The number of benzene rings is 1. The van der Waals surface area contributed by atoms with Crippen LogP contribution in [-0.4, -0.2) is 36.5 Å². The van der Waals surface area contributed by atoms with Gasteiger partial charge >= 0.3 is 0 Å². The molecule has 2 aliphatic heterocycles. The molecule has 2 saturated heterocycles. The molecule has 2 aliphatic rings. The Morgan fingerprint density at radius 1 is 1.04 bits per heavy atom. The van der Waals surface area contributed by atoms with E-state index in [4.69, 9.17) is 0 Å². The van der Waals surface area contributed by atoms with Gasteiger partial charge in [0.2, 0.25) is 5.91 Å². The predicted molar refractivity (Wildman–Crippen MR) is 112 cm³/mol. The number of halogens is 2. The molecule has 2 N–H and O–H groups in total. The van der Waals surface area contributed by atoms with Gasteiger partial charge in [-0.1, -0.05) is 30.7 Å². The Balaban J connectivity index is 0.00000169. The molecule has 0 spiro atoms. The molecular formula is C20H33Cl2N3O. The average molecular weight is 402 g/mol. The lowest BCUT2D eigenvalue weighted by atomic mass is 10.1. The van der Waals surface area contributed by atoms with Crippen LogP contribution in [0.25, 0.3) is 0 Å². The molecule has 0 saturated carbocycles. The van der Waals surface area contributed by atoms with Gasteiger partial charge in [0.05, 0.1) is 0 Å². The molecule has 0 radical (unpaired) electrons. The van der Waals surface area contributed by atoms with Crippen molar-refractivity contribution in [3.05, 3.63) is 35.4 Å². The summed E-state index contributed by atoms with van der Waals surface area (Å²) in [5.41, 5.74) is 2.56. The second-order valence-electron chi connectivity index (χ2n) is 7.26. The van der Waals surface area contributed by atoms with Crippen LogP contribution in [-0.2, 0) is 17.9 Å². The standard InChI is InChI=1S/C20H31N3O.2ClH/c24-20(11-10-19-5-4-12-21-19)22-15-17-6-8-18(9-7-17)16-23-13-2-1-3-14-23;;/h6-9,19,21H,1-5,10-16H2,(H,22,24);2*1H. The van der Waals surface area contributed by atoms with Gasteiger partial charge in [-0.3, -0.25) is 9.69 Å². The molecule has 2 fully saturated rings. The maximum atomic E-state index is 12.0. The van der Waals surface area contributed by atoms with Gasteiger partial charge in [0.15, 0.2) is 0 Å². The van der Waals surface area contributed by atoms with Gasteiger partial charge in [-0.2, -0.15) is 0 Å². The first-order chi connectivity index (χ1) is 11.8. The third-order valence-corrected chi connectivity index (χ3v) is 5.25. The number of hydrogen-bond acceptors (Lipinski definition) is 3. The number of rotatable bonds is 7. The quantitative estimate of drug-likeness (QED) is 0.732. The van der Waals surface area contributed by atoms with E-state index >= 15 is 0 Å². The molecule has 4 nitrogen and oxygen atoms in total. The Morgan fingerprint density at radius 3 is 2.38 bits per heavy atom. The summed E-state index contributed by atoms with van der Waals surface area (Å²) in [4.78, 5) is 14.5. The van der Waals surface area contributed by atoms with Crippen molar-refractivity contribution in [2.24, 2.45) is 0 Å². The number of nitrogens with zero attached hydrogens (tertiary/aromatic N) is 1. The van der Waals surface area contributed by atoms with E-state index in [0.29, 0.717) is 19.0 Å². The Bertz CT molecular complexity index is 512. The normalized spacial score (nSPS) is 20.1. The molecule has 0 bridgehead atoms. The van der Waals surface area contributed by atoms with Gasteiger partial charge < -0.3 is 10.6 Å². The molecule has 1 aromatic rings. The fourth-order valence-corrected chi connectivity index (χ4v) is 3.74. The Labute approximate surface area is 170 Å². The lowest BCUT2D eigenvalue weighted by Crippen LogP contribution is -2.29. The van der Waals surface area contributed by atoms with E-state index in [2.05, 4.69) is 39.8 Å². The zero-order valence-corrected chi connectivity index (χ0v) is 17.2. The second kappa shape index (κ2) is 12.6. The van der Waals surface area contributed by atoms with Crippen molar-refractivity contribution < 1.29 is 4.79 Å². The van der Waals surface area contributed by atoms with Gasteiger partial charge in [-0.05, 0) is 62.9 Å². The SMILES string of the molecule is Cl.Cl.O=C(CCC1CCCN1)NCc1ccc(CN2CCCCC2)cc1. The number of likely N-dealkylation sites (tertiary alicyclic amines) is 1. The number of carbonyl (C=O) groups is 1. The second-order valence-corrected chi connectivity index (χ2v) is 7.26. The smallest absolute Gasteiger partial charge is 0.220 e. The summed E-state index contributed by atoms with van der Waals surface area (Å²) in [6.45, 7) is 5.26. The molecule has 3 rings (SSSR count). The molecular weight excluding hydrogens is 369 g/mol. The summed E-state index contributed by atoms with van der Waals surface area (Å²) in [5.74, 6) is 0.168. The largest absolute Gasteiger partial charge is 0.352 e. The fraction of sp³-hybridized carbons (Fsp3) is 0.650. The summed E-state index contributed by atoms with van der Waals surface area (Å²) in [6.07, 6.45) is 8.10. The molecule has 0 aliphatic carbocycles. The summed E-state index contributed by atoms with van der Waals surface area (Å²) in [5, 5.41) is 6.49. The van der Waals surface area contributed by atoms with E-state index < -0.39 is 0 Å². The number of amides is 1. The van der Waals surface area contributed by atoms with Crippen LogP contribution in [0.4, 0.5) is 0 Å². The highest BCUT2D eigenvalue weighted by molar-refractivity contribution is 5.85. The lowest BCUT2D eigenvalue weighted by molar-refractivity contribution is -0.121. The molecule has 1 aromatic carbocycles. The van der Waals surface area contributed by atoms with Crippen LogP contribution in [0.15, 0.2) is 24.3 Å². The van der Waals surface area contributed by atoms with Crippen molar-refractivity contribution in [3.63, 3.8) is 0 Å². The maximum Gasteiger partial charge on any atom is 0.220 e. The minimum atomic E-state index is 0. The third kappa shape index (κ3) is 7.83. The molecule has 148 valence electrons. The number of hydrogen-bond donors (Lipinski definition) is 2. The van der Waals surface area contributed by atoms with E-state index in [1.54, 1.807) is 0 Å². The first kappa shape index (κ1) is 23.2. The summed E-state index contributed by atoms with van der Waals surface area (Å²) >= 11 is 0. The molecule has 2 heterocycles. The van der Waals surface area contributed by atoms with Crippen molar-refractivity contribution in [1.29, 1.82) is 0 Å². The van der Waals surface area contributed by atoms with Crippen LogP contribution < -0.4 is 10.6 Å². The van der Waals surface area contributed by atoms with Crippen LogP contribution >= 0.6 is 24.8 Å². The van der Waals surface area contributed by atoms with E-state index in [1.807, 2.05) is 0 Å². The molecule has 26 heavy (non-hydrogen) atoms. The van der Waals surface area contributed by atoms with Gasteiger partial charge in [-0.25, -0.2) is 0 Å². The third-order valence-electron chi connectivity index (χ3n) is 5.25. The number of piperidine rings is 1. The van der Waals surface area contributed by atoms with Crippen LogP contribution in [0.2, 0.25) is 0 Å². The van der Waals surface area contributed by atoms with Gasteiger partial charge in [0.1, 0.15) is 0 Å². The first-order valence-corrected chi connectivity index (χ1v) is 9.60. The van der Waals surface area contributed by atoms with Crippen LogP contribution in [0.5, 0.6) is 0 Å². The highest BCUT2D eigenvalue weighted by Crippen LogP contribution is 2.14. The van der Waals surface area contributed by atoms with Crippen molar-refractivity contribution in [2.75, 3.05) is 19.6 Å². The minimum Gasteiger partial charge on any atom is -0.352 e. The molecule has 1 atom stereocenters. The van der Waals surface area contributed by atoms with Gasteiger partial charge in [0, 0.05) is 25.6 Å². The first-order valence-electron chi connectivity index (χ1n) is 9.60. The van der Waals surface area contributed by atoms with Gasteiger partial charge in [0.25, 0.3) is 0 Å². The van der Waals surface area contributed by atoms with E-state index in [-0.39, 0.29) is 30.7 Å².